The standard InChI is InChI=1S/C65H112O14/c1-74-60-51-57(46-48-59(60)78-56-63(70)71)47-49-65(73)76-50-44-42-40-38-36-34-32-30-28-26-24-22-20-18-16-14-12-10-8-6-4-2-3-5-7-9-11-13-15-17-19-21-23-25-27-29-31-33-35-37-39-41-43-45-64(72)79-53-58(77-55-62(68)69)52-75-54-61(66)67/h46-49,51,58H,2-45,50,52-56H2,1H3,(H,66,67)(H,68,69)(H,70,71)/b49-47+/t58-/m1/s1. The van der Waals surface area contributed by atoms with Gasteiger partial charge >= 0.3 is 29.8 Å². The Morgan fingerprint density at radius 3 is 1.13 bits per heavy atom. The van der Waals surface area contributed by atoms with Crippen LogP contribution in [0.4, 0.5) is 0 Å². The molecule has 0 spiro atoms. The van der Waals surface area contributed by atoms with Crippen LogP contribution in [-0.4, -0.2) is 98.0 Å². The number of hydrogen-bond donors (Lipinski definition) is 3. The Morgan fingerprint density at radius 2 is 0.772 bits per heavy atom. The van der Waals surface area contributed by atoms with Gasteiger partial charge in [0.1, 0.15) is 25.9 Å². The molecule has 0 radical (unpaired) electrons. The third-order valence-corrected chi connectivity index (χ3v) is 14.6. The number of aliphatic carboxylic acids is 3. The third kappa shape index (κ3) is 51.7. The number of carbonyl (C=O) groups is 5. The Bertz CT molecular complexity index is 1650. The highest BCUT2D eigenvalue weighted by atomic mass is 16.6. The summed E-state index contributed by atoms with van der Waals surface area (Å²) >= 11 is 0. The molecule has 0 aliphatic rings. The zero-order valence-electron chi connectivity index (χ0n) is 49.7. The summed E-state index contributed by atoms with van der Waals surface area (Å²) in [7, 11) is 1.48. The van der Waals surface area contributed by atoms with Crippen LogP contribution in [0.15, 0.2) is 24.3 Å². The predicted octanol–water partition coefficient (Wildman–Crippen LogP) is 17.0. The molecule has 1 aromatic rings. The van der Waals surface area contributed by atoms with Crippen LogP contribution in [0.2, 0.25) is 0 Å². The molecule has 79 heavy (non-hydrogen) atoms. The molecule has 456 valence electrons. The Kier molecular flexibility index (Phi) is 51.4. The minimum absolute atomic E-state index is 0.168. The van der Waals surface area contributed by atoms with Crippen LogP contribution in [0.25, 0.3) is 6.08 Å². The molecule has 14 heteroatoms. The second kappa shape index (κ2) is 55.7. The van der Waals surface area contributed by atoms with Gasteiger partial charge in [-0.1, -0.05) is 269 Å². The van der Waals surface area contributed by atoms with Crippen LogP contribution in [-0.2, 0) is 42.9 Å². The van der Waals surface area contributed by atoms with Gasteiger partial charge in [-0.25, -0.2) is 19.2 Å². The van der Waals surface area contributed by atoms with Crippen molar-refractivity contribution in [1.29, 1.82) is 0 Å². The maximum Gasteiger partial charge on any atom is 0.341 e. The van der Waals surface area contributed by atoms with Crippen molar-refractivity contribution in [2.75, 3.05) is 46.8 Å². The number of esters is 2. The summed E-state index contributed by atoms with van der Waals surface area (Å²) in [5, 5.41) is 26.3. The predicted molar refractivity (Wildman–Crippen MR) is 316 cm³/mol. The van der Waals surface area contributed by atoms with Crippen LogP contribution in [0.1, 0.15) is 288 Å². The van der Waals surface area contributed by atoms with E-state index in [1.54, 1.807) is 24.3 Å². The number of rotatable bonds is 61. The fourth-order valence-corrected chi connectivity index (χ4v) is 9.92. The van der Waals surface area contributed by atoms with Gasteiger partial charge in [0.2, 0.25) is 0 Å². The molecule has 0 aliphatic carbocycles. The summed E-state index contributed by atoms with van der Waals surface area (Å²) in [5.74, 6) is -3.39. The molecule has 0 fully saturated rings. The van der Waals surface area contributed by atoms with E-state index in [1.165, 1.54) is 257 Å². The first-order valence-corrected chi connectivity index (χ1v) is 31.8. The first kappa shape index (κ1) is 72.8. The molecule has 14 nitrogen and oxygen atoms in total. The average molecular weight is 1120 g/mol. The minimum atomic E-state index is -1.17. The fraction of sp³-hybridized carbons (Fsp3) is 0.800. The number of carboxylic acid groups (broad SMARTS) is 3. The number of carbonyl (C=O) groups excluding carboxylic acids is 2. The van der Waals surface area contributed by atoms with E-state index in [1.807, 2.05) is 0 Å². The molecular weight excluding hydrogens is 1000 g/mol. The number of unbranched alkanes of at least 4 members (excludes halogenated alkanes) is 42. The summed E-state index contributed by atoms with van der Waals surface area (Å²) < 4.78 is 31.1. The van der Waals surface area contributed by atoms with Crippen LogP contribution < -0.4 is 9.47 Å². The minimum Gasteiger partial charge on any atom is -0.493 e. The molecule has 0 aliphatic heterocycles. The molecule has 1 aromatic carbocycles. The molecule has 0 heterocycles. The number of carboxylic acids is 3. The Balaban J connectivity index is 1.71. The quantitative estimate of drug-likeness (QED) is 0.0316. The average Bonchev–Trinajstić information content (AvgIpc) is 3.43. The van der Waals surface area contributed by atoms with Crippen molar-refractivity contribution in [3.05, 3.63) is 29.8 Å². The second-order valence-corrected chi connectivity index (χ2v) is 22.0. The topological polar surface area (TPSA) is 201 Å². The molecule has 0 aromatic heterocycles. The Morgan fingerprint density at radius 1 is 0.418 bits per heavy atom. The van der Waals surface area contributed by atoms with E-state index in [4.69, 9.17) is 43.7 Å². The number of benzene rings is 1. The fourth-order valence-electron chi connectivity index (χ4n) is 9.92. The van der Waals surface area contributed by atoms with E-state index in [2.05, 4.69) is 0 Å². The zero-order chi connectivity index (χ0) is 57.3. The largest absolute Gasteiger partial charge is 0.493 e. The van der Waals surface area contributed by atoms with Gasteiger partial charge in [-0.05, 0) is 36.6 Å². The molecular formula is C65H112O14. The lowest BCUT2D eigenvalue weighted by molar-refractivity contribution is -0.157. The van der Waals surface area contributed by atoms with Gasteiger partial charge in [0.05, 0.1) is 20.3 Å². The molecule has 1 rings (SSSR count). The van der Waals surface area contributed by atoms with Gasteiger partial charge in [-0.15, -0.1) is 0 Å². The smallest absolute Gasteiger partial charge is 0.341 e. The first-order valence-electron chi connectivity index (χ1n) is 31.8. The van der Waals surface area contributed by atoms with E-state index in [9.17, 15) is 24.0 Å². The summed E-state index contributed by atoms with van der Waals surface area (Å²) in [5.41, 5.74) is 0.726. The number of ether oxygens (including phenoxy) is 6. The van der Waals surface area contributed by atoms with Gasteiger partial charge in [-0.2, -0.15) is 0 Å². The summed E-state index contributed by atoms with van der Waals surface area (Å²) in [6, 6.07) is 5.03. The van der Waals surface area contributed by atoms with Crippen molar-refractivity contribution in [2.45, 2.75) is 289 Å². The van der Waals surface area contributed by atoms with Gasteiger partial charge in [-0.3, -0.25) is 4.79 Å². The lowest BCUT2D eigenvalue weighted by atomic mass is 10.0. The summed E-state index contributed by atoms with van der Waals surface area (Å²) in [6.07, 6.45) is 59.6. The SMILES string of the molecule is COc1cc(/C=C/C(=O)OCCCCCCCCCCCCCCCCCCCCCCCCCCCCCCCCCCCCCCCCCCCCCC(=O)OC[C@@H](COCC(=O)O)OCC(=O)O)ccc1OCC(=O)O. The Hall–Kier alpha value is -4.17. The third-order valence-electron chi connectivity index (χ3n) is 14.6. The van der Waals surface area contributed by atoms with Crippen LogP contribution in [0.5, 0.6) is 11.5 Å². The second-order valence-electron chi connectivity index (χ2n) is 22.0. The van der Waals surface area contributed by atoms with Gasteiger partial charge < -0.3 is 43.7 Å². The van der Waals surface area contributed by atoms with Gasteiger partial charge in [0, 0.05) is 12.5 Å². The zero-order valence-corrected chi connectivity index (χ0v) is 49.7. The number of hydrogen-bond acceptors (Lipinski definition) is 11. The summed E-state index contributed by atoms with van der Waals surface area (Å²) in [4.78, 5) is 56.3. The van der Waals surface area contributed by atoms with Crippen molar-refractivity contribution in [1.82, 2.24) is 0 Å². The monoisotopic (exact) mass is 1120 g/mol. The van der Waals surface area contributed by atoms with E-state index in [0.717, 1.165) is 37.7 Å². The molecule has 0 saturated heterocycles. The van der Waals surface area contributed by atoms with Gasteiger partial charge in [0.25, 0.3) is 0 Å². The van der Waals surface area contributed by atoms with E-state index < -0.39 is 43.8 Å². The highest BCUT2D eigenvalue weighted by Gasteiger charge is 2.16. The highest BCUT2D eigenvalue weighted by molar-refractivity contribution is 5.87. The first-order chi connectivity index (χ1) is 38.6. The molecule has 0 saturated carbocycles. The summed E-state index contributed by atoms with van der Waals surface area (Å²) in [6.45, 7) is -1.48. The highest BCUT2D eigenvalue weighted by Crippen LogP contribution is 2.29. The van der Waals surface area contributed by atoms with E-state index >= 15 is 0 Å². The van der Waals surface area contributed by atoms with E-state index in [-0.39, 0.29) is 25.2 Å². The maximum absolute atomic E-state index is 12.1. The number of methoxy groups -OCH3 is 1. The van der Waals surface area contributed by atoms with Crippen molar-refractivity contribution in [2.24, 2.45) is 0 Å². The lowest BCUT2D eigenvalue weighted by Crippen LogP contribution is -2.30. The van der Waals surface area contributed by atoms with E-state index in [0.29, 0.717) is 24.5 Å². The van der Waals surface area contributed by atoms with Crippen molar-refractivity contribution < 1.29 is 67.7 Å². The maximum atomic E-state index is 12.1. The van der Waals surface area contributed by atoms with Crippen molar-refractivity contribution in [3.8, 4) is 11.5 Å². The van der Waals surface area contributed by atoms with Gasteiger partial charge in [0.15, 0.2) is 18.1 Å². The molecule has 1 atom stereocenters. The molecule has 0 bridgehead atoms. The van der Waals surface area contributed by atoms with Crippen molar-refractivity contribution >= 4 is 35.9 Å². The van der Waals surface area contributed by atoms with Crippen LogP contribution in [0, 0.1) is 0 Å². The van der Waals surface area contributed by atoms with Crippen LogP contribution >= 0.6 is 0 Å². The Labute approximate surface area is 478 Å². The normalized spacial score (nSPS) is 11.8. The van der Waals surface area contributed by atoms with Crippen LogP contribution in [0.3, 0.4) is 0 Å². The van der Waals surface area contributed by atoms with Crippen molar-refractivity contribution in [3.63, 3.8) is 0 Å². The molecule has 0 unspecified atom stereocenters. The molecule has 0 amide bonds. The molecule has 3 N–H and O–H groups in total. The lowest BCUT2D eigenvalue weighted by Gasteiger charge is -2.16.